The predicted octanol–water partition coefficient (Wildman–Crippen LogP) is 0.246. The first kappa shape index (κ1) is 12.0. The summed E-state index contributed by atoms with van der Waals surface area (Å²) >= 11 is 0. The molecule has 0 radical (unpaired) electrons. The van der Waals surface area contributed by atoms with Gasteiger partial charge in [-0.3, -0.25) is 0 Å². The molecule has 2 heteroatoms. The lowest BCUT2D eigenvalue weighted by Gasteiger charge is -2.32. The summed E-state index contributed by atoms with van der Waals surface area (Å²) in [7, 11) is 0. The zero-order valence-corrected chi connectivity index (χ0v) is 9.86. The van der Waals surface area contributed by atoms with Crippen molar-refractivity contribution in [3.8, 4) is 0 Å². The highest BCUT2D eigenvalue weighted by Gasteiger charge is 2.23. The largest absolute Gasteiger partial charge is 0.358 e. The minimum Gasteiger partial charge on any atom is -0.358 e. The van der Waals surface area contributed by atoms with Gasteiger partial charge in [-0.05, 0) is 44.9 Å². The van der Waals surface area contributed by atoms with Gasteiger partial charge in [-0.15, -0.1) is 0 Å². The van der Waals surface area contributed by atoms with Crippen molar-refractivity contribution in [3.63, 3.8) is 0 Å². The summed E-state index contributed by atoms with van der Waals surface area (Å²) < 4.78 is 0. The molecular formula is C12H28N2+2. The van der Waals surface area contributed by atoms with E-state index in [1.807, 2.05) is 4.90 Å². The molecule has 1 fully saturated rings. The standard InChI is InChI=1S/C12H26N2/c1-2-12-8-4-7-11-14(12)10-6-3-5-9-13/h12H,2-11,13H2,1H3/p+2/t12-/m1/s1. The van der Waals surface area contributed by atoms with Gasteiger partial charge in [0.25, 0.3) is 0 Å². The molecule has 1 unspecified atom stereocenters. The minimum atomic E-state index is 0.975. The lowest BCUT2D eigenvalue weighted by atomic mass is 9.99. The Balaban J connectivity index is 2.13. The van der Waals surface area contributed by atoms with E-state index in [2.05, 4.69) is 12.7 Å². The average molecular weight is 200 g/mol. The summed E-state index contributed by atoms with van der Waals surface area (Å²) in [6.07, 6.45) is 9.92. The van der Waals surface area contributed by atoms with Crippen molar-refractivity contribution in [2.24, 2.45) is 0 Å². The summed E-state index contributed by atoms with van der Waals surface area (Å²) in [5.74, 6) is 0. The van der Waals surface area contributed by atoms with Crippen LogP contribution in [0.3, 0.4) is 0 Å². The molecule has 0 saturated carbocycles. The lowest BCUT2D eigenvalue weighted by Crippen LogP contribution is -3.16. The molecule has 0 amide bonds. The monoisotopic (exact) mass is 200 g/mol. The third kappa shape index (κ3) is 3.97. The second-order valence-electron chi connectivity index (χ2n) is 4.67. The molecule has 14 heavy (non-hydrogen) atoms. The van der Waals surface area contributed by atoms with Crippen LogP contribution < -0.4 is 10.6 Å². The number of unbranched alkanes of at least 4 members (excludes halogenated alkanes) is 2. The predicted molar refractivity (Wildman–Crippen MR) is 60.2 cm³/mol. The molecule has 4 N–H and O–H groups in total. The molecular weight excluding hydrogens is 172 g/mol. The highest BCUT2D eigenvalue weighted by molar-refractivity contribution is 4.59. The van der Waals surface area contributed by atoms with E-state index < -0.39 is 0 Å². The Kier molecular flexibility index (Phi) is 6.20. The second-order valence-corrected chi connectivity index (χ2v) is 4.67. The maximum atomic E-state index is 3.89. The molecule has 1 rings (SSSR count). The Labute approximate surface area is 88.8 Å². The first-order chi connectivity index (χ1) is 6.88. The van der Waals surface area contributed by atoms with Crippen LogP contribution in [0.25, 0.3) is 0 Å². The van der Waals surface area contributed by atoms with E-state index in [9.17, 15) is 0 Å². The van der Waals surface area contributed by atoms with Crippen LogP contribution in [0.15, 0.2) is 0 Å². The molecule has 0 aromatic rings. The Bertz CT molecular complexity index is 136. The third-order valence-electron chi connectivity index (χ3n) is 3.62. The highest BCUT2D eigenvalue weighted by Crippen LogP contribution is 2.05. The number of hydrogen-bond donors (Lipinski definition) is 2. The molecule has 0 bridgehead atoms. The van der Waals surface area contributed by atoms with Gasteiger partial charge in [0.15, 0.2) is 0 Å². The first-order valence-electron chi connectivity index (χ1n) is 6.52. The van der Waals surface area contributed by atoms with Crippen LogP contribution in [0.4, 0.5) is 0 Å². The number of quaternary nitrogens is 2. The van der Waals surface area contributed by atoms with Crippen molar-refractivity contribution in [1.29, 1.82) is 0 Å². The van der Waals surface area contributed by atoms with Crippen LogP contribution in [-0.2, 0) is 0 Å². The van der Waals surface area contributed by atoms with Gasteiger partial charge < -0.3 is 10.6 Å². The van der Waals surface area contributed by atoms with Crippen LogP contribution >= 0.6 is 0 Å². The van der Waals surface area contributed by atoms with E-state index in [4.69, 9.17) is 0 Å². The first-order valence-corrected chi connectivity index (χ1v) is 6.52. The van der Waals surface area contributed by atoms with E-state index in [0.717, 1.165) is 12.6 Å². The highest BCUT2D eigenvalue weighted by atomic mass is 15.2. The average Bonchev–Trinajstić information content (AvgIpc) is 2.25. The van der Waals surface area contributed by atoms with Crippen LogP contribution in [0.2, 0.25) is 0 Å². The zero-order valence-electron chi connectivity index (χ0n) is 9.86. The molecule has 2 atom stereocenters. The van der Waals surface area contributed by atoms with Crippen LogP contribution in [0.5, 0.6) is 0 Å². The van der Waals surface area contributed by atoms with Crippen molar-refractivity contribution in [2.75, 3.05) is 19.6 Å². The summed E-state index contributed by atoms with van der Waals surface area (Å²) in [6.45, 7) is 6.32. The SMILES string of the molecule is CC[C@@H]1CCCC[NH+]1CCCCC[NH3+]. The number of likely N-dealkylation sites (tertiary alicyclic amines) is 1. The van der Waals surface area contributed by atoms with Gasteiger partial charge in [0.05, 0.1) is 25.7 Å². The van der Waals surface area contributed by atoms with Crippen LogP contribution in [0, 0.1) is 0 Å². The van der Waals surface area contributed by atoms with Gasteiger partial charge >= 0.3 is 0 Å². The Morgan fingerprint density at radius 1 is 1.21 bits per heavy atom. The molecule has 1 heterocycles. The molecule has 84 valence electrons. The number of piperidine rings is 1. The van der Waals surface area contributed by atoms with Crippen molar-refractivity contribution >= 4 is 0 Å². The molecule has 1 aliphatic rings. The molecule has 2 nitrogen and oxygen atoms in total. The van der Waals surface area contributed by atoms with Gasteiger partial charge in [0.1, 0.15) is 0 Å². The molecule has 0 aliphatic carbocycles. The van der Waals surface area contributed by atoms with Crippen LogP contribution in [-0.4, -0.2) is 25.7 Å². The topological polar surface area (TPSA) is 32.1 Å². The summed E-state index contributed by atoms with van der Waals surface area (Å²) in [5.41, 5.74) is 3.89. The normalized spacial score (nSPS) is 27.9. The number of nitrogens with one attached hydrogen (secondary N) is 1. The maximum absolute atomic E-state index is 3.89. The smallest absolute Gasteiger partial charge is 0.0872 e. The Morgan fingerprint density at radius 2 is 2.07 bits per heavy atom. The van der Waals surface area contributed by atoms with Gasteiger partial charge in [0.2, 0.25) is 0 Å². The molecule has 0 aromatic heterocycles. The van der Waals surface area contributed by atoms with E-state index in [1.165, 1.54) is 58.0 Å². The fourth-order valence-corrected chi connectivity index (χ4v) is 2.68. The van der Waals surface area contributed by atoms with Gasteiger partial charge in [-0.1, -0.05) is 6.92 Å². The van der Waals surface area contributed by atoms with Crippen molar-refractivity contribution in [1.82, 2.24) is 0 Å². The zero-order chi connectivity index (χ0) is 10.2. The number of rotatable bonds is 6. The molecule has 0 aromatic carbocycles. The second kappa shape index (κ2) is 7.24. The van der Waals surface area contributed by atoms with E-state index in [-0.39, 0.29) is 0 Å². The molecule has 1 aliphatic heterocycles. The minimum absolute atomic E-state index is 0.975. The fraction of sp³-hybridized carbons (Fsp3) is 1.00. The van der Waals surface area contributed by atoms with Crippen LogP contribution in [0.1, 0.15) is 51.9 Å². The maximum Gasteiger partial charge on any atom is 0.0872 e. The Morgan fingerprint density at radius 3 is 2.79 bits per heavy atom. The Hall–Kier alpha value is -0.0800. The van der Waals surface area contributed by atoms with E-state index in [0.29, 0.717) is 0 Å². The van der Waals surface area contributed by atoms with E-state index >= 15 is 0 Å². The molecule has 0 spiro atoms. The fourth-order valence-electron chi connectivity index (χ4n) is 2.68. The number of hydrogen-bond acceptors (Lipinski definition) is 0. The van der Waals surface area contributed by atoms with Gasteiger partial charge in [0, 0.05) is 0 Å². The summed E-state index contributed by atoms with van der Waals surface area (Å²) in [5, 5.41) is 0. The quantitative estimate of drug-likeness (QED) is 0.576. The summed E-state index contributed by atoms with van der Waals surface area (Å²) in [4.78, 5) is 1.89. The van der Waals surface area contributed by atoms with E-state index in [1.54, 1.807) is 0 Å². The van der Waals surface area contributed by atoms with Gasteiger partial charge in [-0.25, -0.2) is 0 Å². The van der Waals surface area contributed by atoms with Crippen molar-refractivity contribution in [3.05, 3.63) is 0 Å². The van der Waals surface area contributed by atoms with Crippen molar-refractivity contribution < 1.29 is 10.6 Å². The third-order valence-corrected chi connectivity index (χ3v) is 3.62. The molecule has 1 saturated heterocycles. The van der Waals surface area contributed by atoms with Gasteiger partial charge in [-0.2, -0.15) is 0 Å². The summed E-state index contributed by atoms with van der Waals surface area (Å²) in [6, 6.07) is 0.975. The van der Waals surface area contributed by atoms with Crippen molar-refractivity contribution in [2.45, 2.75) is 57.9 Å². The lowest BCUT2D eigenvalue weighted by molar-refractivity contribution is -0.931.